The summed E-state index contributed by atoms with van der Waals surface area (Å²) in [6.07, 6.45) is 0. The third-order valence-electron chi connectivity index (χ3n) is 10.0. The van der Waals surface area contributed by atoms with Gasteiger partial charge in [-0.15, -0.1) is 0 Å². The van der Waals surface area contributed by atoms with Crippen molar-refractivity contribution < 1.29 is 0 Å². The van der Waals surface area contributed by atoms with Crippen LogP contribution in [0.2, 0.25) is 0 Å². The van der Waals surface area contributed by atoms with Crippen LogP contribution < -0.4 is 0 Å². The van der Waals surface area contributed by atoms with Crippen molar-refractivity contribution in [3.8, 4) is 44.5 Å². The lowest BCUT2D eigenvalue weighted by molar-refractivity contribution is 0.666. The third-order valence-corrected chi connectivity index (χ3v) is 10.0. The molecule has 0 aliphatic heterocycles. The molecule has 0 saturated heterocycles. The van der Waals surface area contributed by atoms with Gasteiger partial charge in [-0.1, -0.05) is 166 Å². The van der Waals surface area contributed by atoms with Gasteiger partial charge in [-0.2, -0.15) is 0 Å². The molecule has 212 valence electrons. The topological polar surface area (TPSA) is 0 Å². The quantitative estimate of drug-likeness (QED) is 0.185. The Labute approximate surface area is 264 Å². The molecule has 0 bridgehead atoms. The van der Waals surface area contributed by atoms with Gasteiger partial charge in [0.2, 0.25) is 0 Å². The van der Waals surface area contributed by atoms with Gasteiger partial charge < -0.3 is 0 Å². The summed E-state index contributed by atoms with van der Waals surface area (Å²) in [5.74, 6) is 0. The Morgan fingerprint density at radius 2 is 0.889 bits per heavy atom. The van der Waals surface area contributed by atoms with Crippen LogP contribution in [0.15, 0.2) is 158 Å². The normalized spacial score (nSPS) is 13.3. The molecular formula is C45H32. The van der Waals surface area contributed by atoms with Crippen LogP contribution in [-0.4, -0.2) is 0 Å². The molecule has 0 heteroatoms. The van der Waals surface area contributed by atoms with Gasteiger partial charge in [-0.05, 0) is 94.0 Å². The van der Waals surface area contributed by atoms with E-state index in [2.05, 4.69) is 172 Å². The van der Waals surface area contributed by atoms with Crippen molar-refractivity contribution in [2.45, 2.75) is 19.3 Å². The van der Waals surface area contributed by atoms with Gasteiger partial charge in [-0.3, -0.25) is 0 Å². The number of hydrogen-bond donors (Lipinski definition) is 0. The minimum absolute atomic E-state index is 0.109. The molecule has 1 aliphatic rings. The van der Waals surface area contributed by atoms with E-state index < -0.39 is 0 Å². The van der Waals surface area contributed by atoms with Gasteiger partial charge in [0.25, 0.3) is 0 Å². The number of rotatable bonds is 3. The summed E-state index contributed by atoms with van der Waals surface area (Å²) in [6, 6.07) is 58.3. The van der Waals surface area contributed by atoms with Crippen LogP contribution in [0.5, 0.6) is 0 Å². The SMILES string of the molecule is CC1(C)c2cc(-c3c4ccccc4c(-c4ccccc4-c4ccccc4)c4ccccc34)ccc2-c2ccc3ccccc3c21. The Hall–Kier alpha value is -5.46. The lowest BCUT2D eigenvalue weighted by Crippen LogP contribution is -2.15. The van der Waals surface area contributed by atoms with Gasteiger partial charge in [0.15, 0.2) is 0 Å². The average molecular weight is 573 g/mol. The zero-order chi connectivity index (χ0) is 30.1. The first-order valence-electron chi connectivity index (χ1n) is 15.9. The third kappa shape index (κ3) is 3.79. The number of hydrogen-bond acceptors (Lipinski definition) is 0. The molecule has 0 unspecified atom stereocenters. The molecule has 0 amide bonds. The first-order valence-corrected chi connectivity index (χ1v) is 15.9. The molecule has 1 aliphatic carbocycles. The lowest BCUT2D eigenvalue weighted by atomic mass is 9.79. The van der Waals surface area contributed by atoms with Gasteiger partial charge in [0.1, 0.15) is 0 Å². The summed E-state index contributed by atoms with van der Waals surface area (Å²) in [5, 5.41) is 7.80. The molecular weight excluding hydrogens is 540 g/mol. The highest BCUT2D eigenvalue weighted by molar-refractivity contribution is 6.22. The zero-order valence-corrected chi connectivity index (χ0v) is 25.5. The second-order valence-corrected chi connectivity index (χ2v) is 12.8. The van der Waals surface area contributed by atoms with Crippen LogP contribution in [-0.2, 0) is 5.41 Å². The van der Waals surface area contributed by atoms with Gasteiger partial charge in [-0.25, -0.2) is 0 Å². The van der Waals surface area contributed by atoms with Crippen LogP contribution >= 0.6 is 0 Å². The summed E-state index contributed by atoms with van der Waals surface area (Å²) in [5.41, 5.74) is 13.1. The molecule has 0 nitrogen and oxygen atoms in total. The molecule has 9 rings (SSSR count). The highest BCUT2D eigenvalue weighted by Crippen LogP contribution is 2.53. The molecule has 0 radical (unpaired) electrons. The minimum Gasteiger partial charge on any atom is -0.0622 e. The first kappa shape index (κ1) is 26.0. The molecule has 0 atom stereocenters. The van der Waals surface area contributed by atoms with Crippen molar-refractivity contribution >= 4 is 32.3 Å². The second kappa shape index (κ2) is 9.78. The van der Waals surface area contributed by atoms with E-state index in [-0.39, 0.29) is 5.41 Å². The van der Waals surface area contributed by atoms with E-state index in [9.17, 15) is 0 Å². The van der Waals surface area contributed by atoms with Crippen molar-refractivity contribution in [2.75, 3.05) is 0 Å². The second-order valence-electron chi connectivity index (χ2n) is 12.8. The van der Waals surface area contributed by atoms with Gasteiger partial charge in [0, 0.05) is 5.41 Å². The van der Waals surface area contributed by atoms with Crippen molar-refractivity contribution in [2.24, 2.45) is 0 Å². The van der Waals surface area contributed by atoms with E-state index in [1.54, 1.807) is 0 Å². The van der Waals surface area contributed by atoms with E-state index in [4.69, 9.17) is 0 Å². The maximum atomic E-state index is 2.48. The van der Waals surface area contributed by atoms with Crippen molar-refractivity contribution in [1.29, 1.82) is 0 Å². The zero-order valence-electron chi connectivity index (χ0n) is 25.5. The van der Waals surface area contributed by atoms with Crippen LogP contribution in [0.4, 0.5) is 0 Å². The molecule has 0 spiro atoms. The smallest absolute Gasteiger partial charge is 0.0165 e. The maximum Gasteiger partial charge on any atom is 0.0165 e. The number of fused-ring (bicyclic) bond motifs is 7. The fourth-order valence-corrected chi connectivity index (χ4v) is 8.06. The highest BCUT2D eigenvalue weighted by Gasteiger charge is 2.37. The fourth-order valence-electron chi connectivity index (χ4n) is 8.06. The van der Waals surface area contributed by atoms with Crippen LogP contribution in [0.3, 0.4) is 0 Å². The molecule has 8 aromatic rings. The summed E-state index contributed by atoms with van der Waals surface area (Å²) < 4.78 is 0. The van der Waals surface area contributed by atoms with E-state index >= 15 is 0 Å². The highest BCUT2D eigenvalue weighted by atomic mass is 14.4. The molecule has 45 heavy (non-hydrogen) atoms. The Morgan fingerprint density at radius 3 is 1.58 bits per heavy atom. The molecule has 8 aromatic carbocycles. The molecule has 0 N–H and O–H groups in total. The molecule has 0 heterocycles. The van der Waals surface area contributed by atoms with E-state index in [1.807, 2.05) is 0 Å². The van der Waals surface area contributed by atoms with E-state index in [0.29, 0.717) is 0 Å². The monoisotopic (exact) mass is 572 g/mol. The molecule has 0 fully saturated rings. The van der Waals surface area contributed by atoms with Crippen LogP contribution in [0, 0.1) is 0 Å². The average Bonchev–Trinajstić information content (AvgIpc) is 3.33. The maximum absolute atomic E-state index is 2.48. The van der Waals surface area contributed by atoms with Gasteiger partial charge in [0.05, 0.1) is 0 Å². The Bertz CT molecular complexity index is 2390. The fraction of sp³-hybridized carbons (Fsp3) is 0.0667. The standard InChI is InChI=1S/C45H32/c1-45(2)41-28-31(25-26-34(41)40-27-24-30-16-6-7-18-33(30)44(40)45)42-36-20-10-12-22-38(36)43(39-23-13-11-21-37(39)42)35-19-9-8-17-32(35)29-14-4-3-5-15-29/h3-28H,1-2H3. The molecule has 0 saturated carbocycles. The Morgan fingerprint density at radius 1 is 0.356 bits per heavy atom. The van der Waals surface area contributed by atoms with Crippen molar-refractivity contribution in [3.05, 3.63) is 169 Å². The van der Waals surface area contributed by atoms with Gasteiger partial charge >= 0.3 is 0 Å². The summed E-state index contributed by atoms with van der Waals surface area (Å²) in [6.45, 7) is 4.79. The summed E-state index contributed by atoms with van der Waals surface area (Å²) in [4.78, 5) is 0. The van der Waals surface area contributed by atoms with E-state index in [0.717, 1.165) is 0 Å². The summed E-state index contributed by atoms with van der Waals surface area (Å²) >= 11 is 0. The number of benzene rings is 8. The van der Waals surface area contributed by atoms with Crippen LogP contribution in [0.25, 0.3) is 76.8 Å². The largest absolute Gasteiger partial charge is 0.0622 e. The van der Waals surface area contributed by atoms with E-state index in [1.165, 1.54) is 88.0 Å². The van der Waals surface area contributed by atoms with Crippen molar-refractivity contribution in [3.63, 3.8) is 0 Å². The minimum atomic E-state index is -0.109. The predicted octanol–water partition coefficient (Wildman–Crippen LogP) is 12.5. The molecule has 0 aromatic heterocycles. The van der Waals surface area contributed by atoms with Crippen LogP contribution in [0.1, 0.15) is 25.0 Å². The predicted molar refractivity (Wildman–Crippen MR) is 193 cm³/mol. The lowest BCUT2D eigenvalue weighted by Gasteiger charge is -2.24. The van der Waals surface area contributed by atoms with Crippen molar-refractivity contribution in [1.82, 2.24) is 0 Å². The summed E-state index contributed by atoms with van der Waals surface area (Å²) in [7, 11) is 0. The Kier molecular flexibility index (Phi) is 5.64. The Balaban J connectivity index is 1.33. The first-order chi connectivity index (χ1) is 22.1.